The maximum Gasteiger partial charge on any atom is 0.293 e. The maximum atomic E-state index is 12.2. The summed E-state index contributed by atoms with van der Waals surface area (Å²) in [5, 5.41) is 10.4. The maximum absolute atomic E-state index is 12.2. The highest BCUT2D eigenvalue weighted by Crippen LogP contribution is 2.25. The van der Waals surface area contributed by atoms with Crippen molar-refractivity contribution in [3.8, 4) is 11.4 Å². The minimum Gasteiger partial charge on any atom is -0.319 e. The van der Waals surface area contributed by atoms with Gasteiger partial charge in [0.25, 0.3) is 5.56 Å². The van der Waals surface area contributed by atoms with Crippen LogP contribution in [0.5, 0.6) is 0 Å². The molecule has 0 unspecified atom stereocenters. The Hall–Kier alpha value is -3.72. The Bertz CT molecular complexity index is 1330. The molecule has 27 heavy (non-hydrogen) atoms. The van der Waals surface area contributed by atoms with E-state index in [1.165, 1.54) is 17.7 Å². The van der Waals surface area contributed by atoms with Crippen LogP contribution in [0.3, 0.4) is 0 Å². The molecular formula is C18H11N7OS. The lowest BCUT2D eigenvalue weighted by atomic mass is 10.2. The minimum absolute atomic E-state index is 0.304. The van der Waals surface area contributed by atoms with Crippen molar-refractivity contribution in [2.24, 2.45) is 0 Å². The molecule has 9 heteroatoms. The van der Waals surface area contributed by atoms with Crippen molar-refractivity contribution in [2.75, 3.05) is 5.32 Å². The van der Waals surface area contributed by atoms with E-state index in [0.717, 1.165) is 16.5 Å². The van der Waals surface area contributed by atoms with Gasteiger partial charge in [-0.2, -0.15) is 4.52 Å². The molecule has 0 aliphatic heterocycles. The minimum atomic E-state index is -0.384. The van der Waals surface area contributed by atoms with Crippen molar-refractivity contribution < 1.29 is 0 Å². The van der Waals surface area contributed by atoms with E-state index in [4.69, 9.17) is 0 Å². The number of benzene rings is 1. The van der Waals surface area contributed by atoms with Crippen LogP contribution in [0.15, 0.2) is 65.0 Å². The second-order valence-corrected chi connectivity index (χ2v) is 6.37. The molecule has 0 radical (unpaired) electrons. The summed E-state index contributed by atoms with van der Waals surface area (Å²) in [6, 6.07) is 12.7. The van der Waals surface area contributed by atoms with Gasteiger partial charge in [0.2, 0.25) is 5.95 Å². The van der Waals surface area contributed by atoms with Crippen LogP contribution < -0.4 is 10.9 Å². The first-order valence-electron chi connectivity index (χ1n) is 8.07. The molecule has 0 atom stereocenters. The molecular weight excluding hydrogens is 362 g/mol. The normalized spacial score (nSPS) is 11.1. The zero-order valence-corrected chi connectivity index (χ0v) is 14.6. The van der Waals surface area contributed by atoms with Crippen LogP contribution in [0.4, 0.5) is 11.6 Å². The number of nitrogens with one attached hydrogen (secondary N) is 1. The zero-order chi connectivity index (χ0) is 18.2. The highest BCUT2D eigenvalue weighted by atomic mass is 32.1. The van der Waals surface area contributed by atoms with Crippen LogP contribution in [0.2, 0.25) is 0 Å². The van der Waals surface area contributed by atoms with Crippen LogP contribution >= 0.6 is 11.5 Å². The average Bonchev–Trinajstić information content (AvgIpc) is 3.32. The summed E-state index contributed by atoms with van der Waals surface area (Å²) >= 11 is 1.34. The van der Waals surface area contributed by atoms with Crippen molar-refractivity contribution in [3.05, 3.63) is 70.6 Å². The molecule has 0 aliphatic carbocycles. The Morgan fingerprint density at radius 2 is 1.93 bits per heavy atom. The molecule has 0 spiro atoms. The molecule has 0 aliphatic rings. The number of para-hydroxylation sites is 1. The van der Waals surface area contributed by atoms with Crippen LogP contribution in [0.1, 0.15) is 0 Å². The van der Waals surface area contributed by atoms with Gasteiger partial charge in [0.1, 0.15) is 5.69 Å². The number of hydrogen-bond acceptors (Lipinski definition) is 8. The monoisotopic (exact) mass is 373 g/mol. The molecule has 4 heterocycles. The number of anilines is 2. The number of rotatable bonds is 3. The van der Waals surface area contributed by atoms with E-state index in [2.05, 4.69) is 29.7 Å². The summed E-state index contributed by atoms with van der Waals surface area (Å²) in [5.74, 6) is 0.930. The van der Waals surface area contributed by atoms with Crippen molar-refractivity contribution in [3.63, 3.8) is 0 Å². The van der Waals surface area contributed by atoms with E-state index in [9.17, 15) is 4.79 Å². The predicted molar refractivity (Wildman–Crippen MR) is 103 cm³/mol. The lowest BCUT2D eigenvalue weighted by Gasteiger charge is -2.07. The van der Waals surface area contributed by atoms with Crippen LogP contribution in [-0.4, -0.2) is 28.9 Å². The number of hydrogen-bond donors (Lipinski definition) is 1. The van der Waals surface area contributed by atoms with Crippen LogP contribution in [0, 0.1) is 0 Å². The molecule has 5 aromatic rings. The van der Waals surface area contributed by atoms with Crippen molar-refractivity contribution in [1.29, 1.82) is 0 Å². The molecule has 0 bridgehead atoms. The highest BCUT2D eigenvalue weighted by molar-refractivity contribution is 7.03. The van der Waals surface area contributed by atoms with Gasteiger partial charge in [0, 0.05) is 17.0 Å². The Labute approximate surface area is 156 Å². The quantitative estimate of drug-likeness (QED) is 0.519. The summed E-state index contributed by atoms with van der Waals surface area (Å²) in [4.78, 5) is 25.3. The van der Waals surface area contributed by atoms with Crippen molar-refractivity contribution in [2.45, 2.75) is 0 Å². The standard InChI is InChI=1S/C18H11N7OS/c26-17-14(7-3-4-8-19-17)22-18-21-13-6-2-1-5-12(13)16-23-15(24-25(16)18)11-9-20-27-10-11/h1-10H,(H,19,21,22,26). The van der Waals surface area contributed by atoms with Gasteiger partial charge >= 0.3 is 0 Å². The molecule has 0 saturated heterocycles. The van der Waals surface area contributed by atoms with Crippen LogP contribution in [0.25, 0.3) is 27.9 Å². The molecule has 5 rings (SSSR count). The Morgan fingerprint density at radius 3 is 2.81 bits per heavy atom. The number of fused-ring (bicyclic) bond motifs is 3. The number of nitrogens with zero attached hydrogens (tertiary/aromatic N) is 6. The van der Waals surface area contributed by atoms with Gasteiger partial charge in [-0.05, 0) is 35.8 Å². The van der Waals surface area contributed by atoms with Gasteiger partial charge in [-0.3, -0.25) is 4.79 Å². The molecule has 1 aromatic carbocycles. The van der Waals surface area contributed by atoms with E-state index in [1.54, 1.807) is 28.9 Å². The van der Waals surface area contributed by atoms with E-state index in [0.29, 0.717) is 23.1 Å². The van der Waals surface area contributed by atoms with E-state index in [-0.39, 0.29) is 5.56 Å². The van der Waals surface area contributed by atoms with Gasteiger partial charge in [0.05, 0.1) is 17.3 Å². The smallest absolute Gasteiger partial charge is 0.293 e. The Kier molecular flexibility index (Phi) is 3.58. The molecule has 0 fully saturated rings. The molecule has 1 N–H and O–H groups in total. The summed E-state index contributed by atoms with van der Waals surface area (Å²) in [7, 11) is 0. The first-order valence-corrected chi connectivity index (χ1v) is 8.91. The van der Waals surface area contributed by atoms with E-state index < -0.39 is 0 Å². The SMILES string of the molecule is O=c1nccccc1Nc1nc2ccccc2c2nc(-c3cnsc3)nn12. The van der Waals surface area contributed by atoms with Crippen molar-refractivity contribution >= 4 is 39.7 Å². The number of aromatic nitrogens is 6. The van der Waals surface area contributed by atoms with E-state index in [1.807, 2.05) is 29.6 Å². The lowest BCUT2D eigenvalue weighted by Crippen LogP contribution is -2.11. The summed E-state index contributed by atoms with van der Waals surface area (Å²) in [5.41, 5.74) is 2.14. The fourth-order valence-corrected chi connectivity index (χ4v) is 3.26. The third-order valence-electron chi connectivity index (χ3n) is 4.00. The summed E-state index contributed by atoms with van der Waals surface area (Å²) in [6.45, 7) is 0. The Balaban J connectivity index is 1.77. The predicted octanol–water partition coefficient (Wildman–Crippen LogP) is 2.90. The van der Waals surface area contributed by atoms with Gasteiger partial charge in [-0.25, -0.2) is 19.3 Å². The van der Waals surface area contributed by atoms with Gasteiger partial charge in [0.15, 0.2) is 11.5 Å². The Morgan fingerprint density at radius 1 is 1.04 bits per heavy atom. The highest BCUT2D eigenvalue weighted by Gasteiger charge is 2.15. The summed E-state index contributed by atoms with van der Waals surface area (Å²) < 4.78 is 5.71. The van der Waals surface area contributed by atoms with E-state index >= 15 is 0 Å². The summed E-state index contributed by atoms with van der Waals surface area (Å²) in [6.07, 6.45) is 3.17. The second kappa shape index (κ2) is 6.22. The molecule has 4 aromatic heterocycles. The molecule has 130 valence electrons. The third kappa shape index (κ3) is 2.70. The van der Waals surface area contributed by atoms with Gasteiger partial charge < -0.3 is 5.32 Å². The third-order valence-corrected chi connectivity index (χ3v) is 4.58. The zero-order valence-electron chi connectivity index (χ0n) is 13.8. The molecule has 0 amide bonds. The lowest BCUT2D eigenvalue weighted by molar-refractivity contribution is 0.948. The van der Waals surface area contributed by atoms with Crippen molar-refractivity contribution in [1.82, 2.24) is 28.9 Å². The fourth-order valence-electron chi connectivity index (χ4n) is 2.74. The molecule has 0 saturated carbocycles. The largest absolute Gasteiger partial charge is 0.319 e. The topological polar surface area (TPSA) is 98.0 Å². The first-order chi connectivity index (χ1) is 13.3. The van der Waals surface area contributed by atoms with Gasteiger partial charge in [-0.15, -0.1) is 5.10 Å². The molecule has 8 nitrogen and oxygen atoms in total. The average molecular weight is 373 g/mol. The second-order valence-electron chi connectivity index (χ2n) is 5.71. The fraction of sp³-hybridized carbons (Fsp3) is 0. The van der Waals surface area contributed by atoms with Gasteiger partial charge in [-0.1, -0.05) is 18.2 Å². The first kappa shape index (κ1) is 15.5. The van der Waals surface area contributed by atoms with Crippen LogP contribution in [-0.2, 0) is 0 Å².